The fourth-order valence-corrected chi connectivity index (χ4v) is 4.10. The normalized spacial score (nSPS) is 21.3. The minimum absolute atomic E-state index is 0.210. The predicted octanol–water partition coefficient (Wildman–Crippen LogP) is 3.62. The summed E-state index contributed by atoms with van der Waals surface area (Å²) in [4.78, 5) is 2.40. The summed E-state index contributed by atoms with van der Waals surface area (Å²) in [5.41, 5.74) is 2.09. The van der Waals surface area contributed by atoms with Crippen LogP contribution in [0.5, 0.6) is 28.7 Å². The minimum atomic E-state index is 0.210. The van der Waals surface area contributed by atoms with Crippen LogP contribution in [0.2, 0.25) is 0 Å². The van der Waals surface area contributed by atoms with Gasteiger partial charge in [0, 0.05) is 30.6 Å². The summed E-state index contributed by atoms with van der Waals surface area (Å²) in [6.45, 7) is 3.26. The third-order valence-electron chi connectivity index (χ3n) is 5.47. The van der Waals surface area contributed by atoms with Gasteiger partial charge in [0.2, 0.25) is 6.79 Å². The molecule has 27 heavy (non-hydrogen) atoms. The molecule has 2 aromatic rings. The maximum Gasteiger partial charge on any atom is 0.231 e. The van der Waals surface area contributed by atoms with E-state index in [4.69, 9.17) is 18.9 Å². The van der Waals surface area contributed by atoms with E-state index in [0.29, 0.717) is 37.3 Å². The summed E-state index contributed by atoms with van der Waals surface area (Å²) in [6, 6.07) is 10.1. The highest BCUT2D eigenvalue weighted by Gasteiger charge is 2.28. The lowest BCUT2D eigenvalue weighted by molar-refractivity contribution is 0.173. The number of phenolic OH excluding ortho intramolecular Hbond substituents is 1. The van der Waals surface area contributed by atoms with Crippen molar-refractivity contribution >= 4 is 0 Å². The molecule has 0 radical (unpaired) electrons. The number of phenols is 1. The van der Waals surface area contributed by atoms with Crippen LogP contribution in [-0.2, 0) is 6.54 Å². The topological polar surface area (TPSA) is 60.4 Å². The van der Waals surface area contributed by atoms with Gasteiger partial charge in [0.1, 0.15) is 5.75 Å². The van der Waals surface area contributed by atoms with E-state index in [-0.39, 0.29) is 12.5 Å². The zero-order chi connectivity index (χ0) is 18.2. The molecule has 3 heterocycles. The second kappa shape index (κ2) is 6.85. The van der Waals surface area contributed by atoms with Crippen LogP contribution >= 0.6 is 0 Å². The van der Waals surface area contributed by atoms with Crippen LogP contribution in [-0.4, -0.2) is 36.6 Å². The van der Waals surface area contributed by atoms with Gasteiger partial charge in [0.25, 0.3) is 0 Å². The first-order valence-electron chi connectivity index (χ1n) is 9.53. The quantitative estimate of drug-likeness (QED) is 0.892. The number of likely N-dealkylation sites (tertiary alicyclic amines) is 1. The molecular formula is C21H23NO5. The summed E-state index contributed by atoms with van der Waals surface area (Å²) in [6.07, 6.45) is 3.12. The summed E-state index contributed by atoms with van der Waals surface area (Å²) < 4.78 is 22.4. The van der Waals surface area contributed by atoms with Gasteiger partial charge in [-0.3, -0.25) is 4.90 Å². The standard InChI is InChI=1S/C21H23NO5/c23-17-11-21-20(26-13-27-21)10-15(17)12-22-6-1-3-16(22)14-4-5-18-19(9-14)25-8-2-7-24-18/h4-5,9-11,16,23H,1-3,6-8,12-13H2. The number of hydrogen-bond acceptors (Lipinski definition) is 6. The number of ether oxygens (including phenoxy) is 4. The first kappa shape index (κ1) is 16.6. The van der Waals surface area contributed by atoms with Crippen molar-refractivity contribution in [1.82, 2.24) is 4.90 Å². The van der Waals surface area contributed by atoms with Crippen LogP contribution in [0.3, 0.4) is 0 Å². The second-order valence-electron chi connectivity index (χ2n) is 7.22. The largest absolute Gasteiger partial charge is 0.507 e. The molecule has 3 aliphatic rings. The van der Waals surface area contributed by atoms with Gasteiger partial charge in [-0.2, -0.15) is 0 Å². The Kier molecular flexibility index (Phi) is 4.20. The van der Waals surface area contributed by atoms with Gasteiger partial charge in [-0.05, 0) is 43.1 Å². The number of aromatic hydroxyl groups is 1. The molecule has 1 N–H and O–H groups in total. The number of hydrogen-bond donors (Lipinski definition) is 1. The molecule has 1 atom stereocenters. The van der Waals surface area contributed by atoms with Crippen LogP contribution in [0, 0.1) is 0 Å². The van der Waals surface area contributed by atoms with Gasteiger partial charge < -0.3 is 24.1 Å². The summed E-state index contributed by atoms with van der Waals surface area (Å²) in [5.74, 6) is 3.23. The van der Waals surface area contributed by atoms with Gasteiger partial charge >= 0.3 is 0 Å². The Morgan fingerprint density at radius 3 is 2.56 bits per heavy atom. The maximum atomic E-state index is 10.4. The highest BCUT2D eigenvalue weighted by atomic mass is 16.7. The molecule has 1 fully saturated rings. The smallest absolute Gasteiger partial charge is 0.231 e. The van der Waals surface area contributed by atoms with Crippen molar-refractivity contribution in [2.24, 2.45) is 0 Å². The van der Waals surface area contributed by atoms with Crippen molar-refractivity contribution in [2.45, 2.75) is 31.8 Å². The van der Waals surface area contributed by atoms with Crippen LogP contribution < -0.4 is 18.9 Å². The molecule has 142 valence electrons. The fourth-order valence-electron chi connectivity index (χ4n) is 4.10. The van der Waals surface area contributed by atoms with E-state index in [9.17, 15) is 5.11 Å². The van der Waals surface area contributed by atoms with Crippen molar-refractivity contribution in [3.63, 3.8) is 0 Å². The van der Waals surface area contributed by atoms with E-state index in [1.165, 1.54) is 5.56 Å². The Bertz CT molecular complexity index is 853. The average molecular weight is 369 g/mol. The first-order valence-corrected chi connectivity index (χ1v) is 9.53. The third kappa shape index (κ3) is 3.14. The van der Waals surface area contributed by atoms with E-state index >= 15 is 0 Å². The Morgan fingerprint density at radius 1 is 0.889 bits per heavy atom. The van der Waals surface area contributed by atoms with Crippen LogP contribution in [0.15, 0.2) is 30.3 Å². The number of benzene rings is 2. The average Bonchev–Trinajstić information content (AvgIpc) is 3.25. The molecule has 5 rings (SSSR count). The van der Waals surface area contributed by atoms with Gasteiger partial charge in [0.15, 0.2) is 23.0 Å². The van der Waals surface area contributed by atoms with Gasteiger partial charge in [-0.1, -0.05) is 6.07 Å². The lowest BCUT2D eigenvalue weighted by atomic mass is 10.0. The highest BCUT2D eigenvalue weighted by Crippen LogP contribution is 2.41. The molecule has 1 unspecified atom stereocenters. The summed E-state index contributed by atoms with van der Waals surface area (Å²) in [7, 11) is 0. The van der Waals surface area contributed by atoms with Gasteiger partial charge in [-0.25, -0.2) is 0 Å². The Balaban J connectivity index is 1.39. The maximum absolute atomic E-state index is 10.4. The highest BCUT2D eigenvalue weighted by molar-refractivity contribution is 5.51. The number of fused-ring (bicyclic) bond motifs is 2. The molecule has 0 amide bonds. The lowest BCUT2D eigenvalue weighted by Crippen LogP contribution is -2.22. The van der Waals surface area contributed by atoms with Crippen LogP contribution in [0.25, 0.3) is 0 Å². The molecule has 2 aromatic carbocycles. The van der Waals surface area contributed by atoms with Crippen molar-refractivity contribution in [2.75, 3.05) is 26.6 Å². The van der Waals surface area contributed by atoms with E-state index in [1.807, 2.05) is 12.1 Å². The Labute approximate surface area is 158 Å². The third-order valence-corrected chi connectivity index (χ3v) is 5.47. The Morgan fingerprint density at radius 2 is 1.67 bits per heavy atom. The molecule has 0 spiro atoms. The predicted molar refractivity (Wildman–Crippen MR) is 98.7 cm³/mol. The molecule has 1 saturated heterocycles. The zero-order valence-corrected chi connectivity index (χ0v) is 15.1. The van der Waals surface area contributed by atoms with E-state index in [2.05, 4.69) is 17.0 Å². The van der Waals surface area contributed by atoms with E-state index < -0.39 is 0 Å². The summed E-state index contributed by atoms with van der Waals surface area (Å²) in [5, 5.41) is 10.4. The van der Waals surface area contributed by atoms with E-state index in [1.54, 1.807) is 6.07 Å². The van der Waals surface area contributed by atoms with Gasteiger partial charge in [-0.15, -0.1) is 0 Å². The molecule has 0 aromatic heterocycles. The molecule has 6 nitrogen and oxygen atoms in total. The molecule has 0 saturated carbocycles. The molecular weight excluding hydrogens is 346 g/mol. The number of rotatable bonds is 3. The van der Waals surface area contributed by atoms with Crippen molar-refractivity contribution in [3.8, 4) is 28.7 Å². The van der Waals surface area contributed by atoms with Crippen LogP contribution in [0.1, 0.15) is 36.4 Å². The molecule has 0 bridgehead atoms. The zero-order valence-electron chi connectivity index (χ0n) is 15.1. The first-order chi connectivity index (χ1) is 13.3. The number of nitrogens with zero attached hydrogens (tertiary/aromatic N) is 1. The monoisotopic (exact) mass is 369 g/mol. The minimum Gasteiger partial charge on any atom is -0.507 e. The summed E-state index contributed by atoms with van der Waals surface area (Å²) >= 11 is 0. The van der Waals surface area contributed by atoms with Crippen molar-refractivity contribution in [1.29, 1.82) is 0 Å². The molecule has 6 heteroatoms. The Hall–Kier alpha value is -2.60. The fraction of sp³-hybridized carbons (Fsp3) is 0.429. The molecule has 0 aliphatic carbocycles. The van der Waals surface area contributed by atoms with Crippen LogP contribution in [0.4, 0.5) is 0 Å². The molecule has 3 aliphatic heterocycles. The SMILES string of the molecule is Oc1cc2c(cc1CN1CCCC1c1ccc3c(c1)OCCCO3)OCO2. The second-order valence-corrected chi connectivity index (χ2v) is 7.22. The lowest BCUT2D eigenvalue weighted by Gasteiger charge is -2.26. The van der Waals surface area contributed by atoms with E-state index in [0.717, 1.165) is 42.9 Å². The van der Waals surface area contributed by atoms with Crippen molar-refractivity contribution in [3.05, 3.63) is 41.5 Å². The van der Waals surface area contributed by atoms with Crippen molar-refractivity contribution < 1.29 is 24.1 Å². The van der Waals surface area contributed by atoms with Gasteiger partial charge in [0.05, 0.1) is 13.2 Å².